The molecule has 8 nitrogen and oxygen atoms in total. The minimum atomic E-state index is -0.844. The molecule has 1 aliphatic carbocycles. The molecule has 6 heterocycles. The summed E-state index contributed by atoms with van der Waals surface area (Å²) in [5, 5.41) is 26.4. The molecular weight excluding hydrogens is 847 g/mol. The fraction of sp³-hybridized carbons (Fsp3) is 0.0164. The summed E-state index contributed by atoms with van der Waals surface area (Å²) in [5.41, 5.74) is 15.2. The van der Waals surface area contributed by atoms with Gasteiger partial charge in [0.05, 0.1) is 85.1 Å². The van der Waals surface area contributed by atoms with E-state index >= 15 is 0 Å². The van der Waals surface area contributed by atoms with Gasteiger partial charge in [-0.1, -0.05) is 84.9 Å². The van der Waals surface area contributed by atoms with Crippen LogP contribution in [0, 0.1) is 22.7 Å². The second-order valence-corrected chi connectivity index (χ2v) is 18.0. The summed E-state index contributed by atoms with van der Waals surface area (Å²) in [6.07, 6.45) is 3.75. The van der Waals surface area contributed by atoms with E-state index in [0.29, 0.717) is 11.1 Å². The summed E-state index contributed by atoms with van der Waals surface area (Å²) >= 11 is 0. The third-order valence-corrected chi connectivity index (χ3v) is 14.6. The number of aromatic nitrogens is 5. The molecule has 0 radical (unpaired) electrons. The molecule has 318 valence electrons. The Morgan fingerprint density at radius 1 is 0.377 bits per heavy atom. The van der Waals surface area contributed by atoms with Crippen molar-refractivity contribution in [3.8, 4) is 52.1 Å². The van der Waals surface area contributed by atoms with Gasteiger partial charge in [-0.2, -0.15) is 10.5 Å². The van der Waals surface area contributed by atoms with Gasteiger partial charge in [0.1, 0.15) is 11.5 Å². The van der Waals surface area contributed by atoms with E-state index in [1.807, 2.05) is 60.9 Å². The average Bonchev–Trinajstić information content (AvgIpc) is 4.12. The van der Waals surface area contributed by atoms with Crippen molar-refractivity contribution in [3.05, 3.63) is 234 Å². The highest BCUT2D eigenvalue weighted by molar-refractivity contribution is 6.13. The summed E-state index contributed by atoms with van der Waals surface area (Å²) < 4.78 is 14.0. The highest BCUT2D eigenvalue weighted by Gasteiger charge is 2.52. The molecule has 0 saturated heterocycles. The SMILES string of the molecule is N#Cc1ccc2c(c1)c1cc(C#N)ccc1n2-c1cnc2c(c1)C1(c3ccccc3Oc3cc(-n4c5ccccc5c5cc(-n6c7ccccc7c7ccccc76)ccc54)ccc31)c1cccnc1-2. The number of ether oxygens (including phenoxy) is 1. The lowest BCUT2D eigenvalue weighted by Gasteiger charge is -2.39. The number of pyridine rings is 2. The second-order valence-electron chi connectivity index (χ2n) is 18.0. The van der Waals surface area contributed by atoms with Gasteiger partial charge in [-0.05, 0) is 103 Å². The van der Waals surface area contributed by atoms with E-state index in [1.165, 1.54) is 21.8 Å². The van der Waals surface area contributed by atoms with Gasteiger partial charge in [0.15, 0.2) is 0 Å². The predicted octanol–water partition coefficient (Wildman–Crippen LogP) is 14.0. The Kier molecular flexibility index (Phi) is 7.41. The summed E-state index contributed by atoms with van der Waals surface area (Å²) in [4.78, 5) is 10.3. The number of nitriles is 2. The smallest absolute Gasteiger partial charge is 0.134 e. The van der Waals surface area contributed by atoms with Gasteiger partial charge in [-0.25, -0.2) is 0 Å². The number of para-hydroxylation sites is 4. The topological polar surface area (TPSA) is 97.4 Å². The molecule has 0 saturated carbocycles. The van der Waals surface area contributed by atoms with Crippen LogP contribution in [0.1, 0.15) is 33.4 Å². The van der Waals surface area contributed by atoms with Crippen molar-refractivity contribution in [2.75, 3.05) is 0 Å². The Bertz CT molecular complexity index is 4390. The van der Waals surface area contributed by atoms with E-state index in [-0.39, 0.29) is 0 Å². The van der Waals surface area contributed by atoms with Crippen molar-refractivity contribution in [2.24, 2.45) is 0 Å². The molecule has 0 fully saturated rings. The molecular formula is C61H33N7O. The minimum Gasteiger partial charge on any atom is -0.457 e. The Morgan fingerprint density at radius 3 is 1.54 bits per heavy atom. The zero-order chi connectivity index (χ0) is 45.5. The van der Waals surface area contributed by atoms with E-state index in [9.17, 15) is 10.5 Å². The van der Waals surface area contributed by atoms with E-state index in [2.05, 4.69) is 165 Å². The molecule has 15 rings (SSSR count). The first kappa shape index (κ1) is 37.5. The van der Waals surface area contributed by atoms with Crippen LogP contribution in [0.3, 0.4) is 0 Å². The van der Waals surface area contributed by atoms with Crippen molar-refractivity contribution in [2.45, 2.75) is 5.41 Å². The van der Waals surface area contributed by atoms with E-state index in [1.54, 1.807) is 0 Å². The van der Waals surface area contributed by atoms with Crippen LogP contribution in [0.5, 0.6) is 11.5 Å². The number of rotatable bonds is 3. The summed E-state index contributed by atoms with van der Waals surface area (Å²) in [6.45, 7) is 0. The zero-order valence-electron chi connectivity index (χ0n) is 36.6. The quantitative estimate of drug-likeness (QED) is 0.176. The molecule has 13 aromatic rings. The van der Waals surface area contributed by atoms with Gasteiger partial charge >= 0.3 is 0 Å². The highest BCUT2D eigenvalue weighted by Crippen LogP contribution is 2.62. The molecule has 1 spiro atoms. The summed E-state index contributed by atoms with van der Waals surface area (Å²) in [7, 11) is 0. The summed E-state index contributed by atoms with van der Waals surface area (Å²) in [5.74, 6) is 1.51. The third-order valence-electron chi connectivity index (χ3n) is 14.6. The lowest BCUT2D eigenvalue weighted by Crippen LogP contribution is -2.32. The second kappa shape index (κ2) is 13.6. The number of benzene rings is 8. The predicted molar refractivity (Wildman–Crippen MR) is 272 cm³/mol. The number of nitrogens with zero attached hydrogens (tertiary/aromatic N) is 7. The first-order chi connectivity index (χ1) is 34.1. The van der Waals surface area contributed by atoms with Crippen LogP contribution in [0.15, 0.2) is 200 Å². The van der Waals surface area contributed by atoms with Crippen molar-refractivity contribution < 1.29 is 4.74 Å². The Hall–Kier alpha value is -9.76. The van der Waals surface area contributed by atoms with Crippen LogP contribution in [0.25, 0.3) is 93.9 Å². The van der Waals surface area contributed by atoms with Crippen LogP contribution < -0.4 is 4.74 Å². The van der Waals surface area contributed by atoms with Crippen molar-refractivity contribution in [1.82, 2.24) is 23.7 Å². The zero-order valence-corrected chi connectivity index (χ0v) is 36.6. The van der Waals surface area contributed by atoms with Gasteiger partial charge in [0.25, 0.3) is 0 Å². The van der Waals surface area contributed by atoms with Crippen LogP contribution >= 0.6 is 0 Å². The fourth-order valence-corrected chi connectivity index (χ4v) is 11.9. The van der Waals surface area contributed by atoms with Crippen LogP contribution in [0.2, 0.25) is 0 Å². The number of hydrogen-bond acceptors (Lipinski definition) is 5. The molecule has 69 heavy (non-hydrogen) atoms. The lowest BCUT2D eigenvalue weighted by atomic mass is 9.66. The highest BCUT2D eigenvalue weighted by atomic mass is 16.5. The largest absolute Gasteiger partial charge is 0.457 e. The maximum absolute atomic E-state index is 9.91. The molecule has 5 aromatic heterocycles. The van der Waals surface area contributed by atoms with Crippen molar-refractivity contribution in [1.29, 1.82) is 10.5 Å². The van der Waals surface area contributed by atoms with Gasteiger partial charge in [0, 0.05) is 72.6 Å². The molecule has 1 unspecified atom stereocenters. The van der Waals surface area contributed by atoms with Crippen molar-refractivity contribution in [3.63, 3.8) is 0 Å². The maximum Gasteiger partial charge on any atom is 0.134 e. The van der Waals surface area contributed by atoms with E-state index in [0.717, 1.165) is 106 Å². The van der Waals surface area contributed by atoms with Gasteiger partial charge in [-0.15, -0.1) is 0 Å². The average molecular weight is 880 g/mol. The molecule has 1 atom stereocenters. The summed E-state index contributed by atoms with van der Waals surface area (Å²) in [6, 6.07) is 70.2. The van der Waals surface area contributed by atoms with Gasteiger partial charge in [0.2, 0.25) is 0 Å². The Labute approximate surface area is 394 Å². The van der Waals surface area contributed by atoms with Crippen LogP contribution in [-0.4, -0.2) is 23.7 Å². The van der Waals surface area contributed by atoms with Crippen LogP contribution in [0.4, 0.5) is 0 Å². The van der Waals surface area contributed by atoms with E-state index in [4.69, 9.17) is 14.7 Å². The molecule has 0 bridgehead atoms. The molecule has 8 aromatic carbocycles. The number of hydrogen-bond donors (Lipinski definition) is 0. The van der Waals surface area contributed by atoms with E-state index < -0.39 is 5.41 Å². The normalized spacial score (nSPS) is 14.5. The molecule has 0 N–H and O–H groups in total. The lowest BCUT2D eigenvalue weighted by molar-refractivity contribution is 0.436. The standard InChI is InChI=1S/C61H33N7O/c62-33-36-19-24-54-44(28-36)45-29-37(34-63)20-25-55(45)68(54)40-31-50-60(65-35-40)59-49(14-9-27-64-59)61(50)47-13-4-8-18-57(47)69-58-32-39(21-23-48(58)61)67-53-17-7-3-12-43(53)46-30-38(22-26-56(46)67)66-51-15-5-1-10-41(51)42-11-2-6-16-52(42)66/h1-32,35H. The Balaban J connectivity index is 0.957. The van der Waals surface area contributed by atoms with Gasteiger partial charge in [-0.3, -0.25) is 9.97 Å². The third kappa shape index (κ3) is 4.88. The maximum atomic E-state index is 9.91. The fourth-order valence-electron chi connectivity index (χ4n) is 11.9. The molecule has 2 aliphatic rings. The molecule has 8 heteroatoms. The van der Waals surface area contributed by atoms with Gasteiger partial charge < -0.3 is 18.4 Å². The van der Waals surface area contributed by atoms with Crippen LogP contribution in [-0.2, 0) is 5.41 Å². The monoisotopic (exact) mass is 879 g/mol. The Morgan fingerprint density at radius 2 is 0.870 bits per heavy atom. The molecule has 0 amide bonds. The minimum absolute atomic E-state index is 0.552. The number of fused-ring (bicyclic) bond motifs is 18. The molecule has 1 aliphatic heterocycles. The first-order valence-corrected chi connectivity index (χ1v) is 22.9. The van der Waals surface area contributed by atoms with Crippen molar-refractivity contribution >= 4 is 65.4 Å². The first-order valence-electron chi connectivity index (χ1n) is 22.9.